The Kier molecular flexibility index (Phi) is 19.8. The molecule has 9 aromatic carbocycles. The summed E-state index contributed by atoms with van der Waals surface area (Å²) in [6, 6.07) is 75.8. The van der Waals surface area contributed by atoms with Crippen LogP contribution in [0.5, 0.6) is 34.5 Å². The number of nitrogens with zero attached hydrogens (tertiary/aromatic N) is 2. The van der Waals surface area contributed by atoms with E-state index in [1.54, 1.807) is 24.3 Å². The van der Waals surface area contributed by atoms with E-state index in [1.807, 2.05) is 186 Å². The Morgan fingerprint density at radius 2 is 0.671 bits per heavy atom. The van der Waals surface area contributed by atoms with Crippen molar-refractivity contribution in [3.8, 4) is 34.5 Å². The molecule has 2 unspecified atom stereocenters. The third-order valence-corrected chi connectivity index (χ3v) is 14.7. The van der Waals surface area contributed by atoms with Crippen molar-refractivity contribution in [2.45, 2.75) is 56.7 Å². The summed E-state index contributed by atoms with van der Waals surface area (Å²) < 4.78 is 18.5. The lowest BCUT2D eigenvalue weighted by atomic mass is 10.0. The van der Waals surface area contributed by atoms with Gasteiger partial charge in [-0.05, 0) is 204 Å². The number of carbonyl (C=O) groups is 3. The van der Waals surface area contributed by atoms with E-state index < -0.39 is 0 Å². The molecular formula is C66H55Cl3IN3O6. The van der Waals surface area contributed by atoms with Crippen LogP contribution in [0.15, 0.2) is 237 Å². The summed E-state index contributed by atoms with van der Waals surface area (Å²) >= 11 is 19.8. The minimum Gasteiger partial charge on any atom is -0.457 e. The van der Waals surface area contributed by atoms with E-state index in [4.69, 9.17) is 49.0 Å². The average molecular weight is 1220 g/mol. The van der Waals surface area contributed by atoms with Crippen molar-refractivity contribution in [2.75, 3.05) is 9.80 Å². The number of hydrogen-bond acceptors (Lipinski definition) is 6. The summed E-state index contributed by atoms with van der Waals surface area (Å²) in [5.41, 5.74) is 5.33. The normalized spacial score (nSPS) is 16.3. The Bertz CT molecular complexity index is 3180. The quantitative estimate of drug-likeness (QED) is 0.130. The smallest absolute Gasteiger partial charge is 0.227 e. The second-order valence-electron chi connectivity index (χ2n) is 18.6. The molecule has 398 valence electrons. The van der Waals surface area contributed by atoms with Gasteiger partial charge in [-0.15, -0.1) is 0 Å². The molecule has 3 atom stereocenters. The fourth-order valence-electron chi connectivity index (χ4n) is 9.31. The van der Waals surface area contributed by atoms with Gasteiger partial charge in [-0.1, -0.05) is 126 Å². The maximum Gasteiger partial charge on any atom is 0.227 e. The van der Waals surface area contributed by atoms with Gasteiger partial charge in [0.2, 0.25) is 17.7 Å². The highest BCUT2D eigenvalue weighted by Gasteiger charge is 2.34. The van der Waals surface area contributed by atoms with Gasteiger partial charge in [0.15, 0.2) is 0 Å². The number of anilines is 2. The number of nitrogens with one attached hydrogen (secondary N) is 1. The van der Waals surface area contributed by atoms with Gasteiger partial charge in [-0.2, -0.15) is 0 Å². The number of hydrogen-bond donors (Lipinski definition) is 1. The largest absolute Gasteiger partial charge is 0.457 e. The number of amides is 3. The van der Waals surface area contributed by atoms with E-state index in [9.17, 15) is 14.4 Å². The van der Waals surface area contributed by atoms with E-state index in [2.05, 4.69) is 64.3 Å². The molecule has 3 amide bonds. The molecule has 0 aliphatic carbocycles. The molecule has 12 rings (SSSR count). The second kappa shape index (κ2) is 27.8. The van der Waals surface area contributed by atoms with Gasteiger partial charge in [0.1, 0.15) is 34.5 Å². The Labute approximate surface area is 489 Å². The van der Waals surface area contributed by atoms with E-state index in [1.165, 1.54) is 20.3 Å². The fourth-order valence-corrected chi connectivity index (χ4v) is 10.1. The zero-order valence-electron chi connectivity index (χ0n) is 42.8. The van der Waals surface area contributed by atoms with Crippen LogP contribution >= 0.6 is 57.4 Å². The summed E-state index contributed by atoms with van der Waals surface area (Å²) in [4.78, 5) is 39.6. The third-order valence-electron chi connectivity index (χ3n) is 13.2. The maximum atomic E-state index is 12.4. The van der Waals surface area contributed by atoms with Crippen LogP contribution < -0.4 is 29.3 Å². The lowest BCUT2D eigenvalue weighted by Crippen LogP contribution is -2.27. The molecule has 3 heterocycles. The van der Waals surface area contributed by atoms with Gasteiger partial charge in [-0.3, -0.25) is 14.4 Å². The molecule has 9 nitrogen and oxygen atoms in total. The van der Waals surface area contributed by atoms with E-state index in [0.717, 1.165) is 65.1 Å². The minimum absolute atomic E-state index is 0.0896. The Morgan fingerprint density at radius 3 is 0.987 bits per heavy atom. The minimum atomic E-state index is 0.0896. The topological polar surface area (TPSA) is 97.4 Å². The molecule has 0 saturated carbocycles. The molecule has 3 saturated heterocycles. The average Bonchev–Trinajstić information content (AvgIpc) is 4.29. The number of halogens is 4. The van der Waals surface area contributed by atoms with Gasteiger partial charge < -0.3 is 29.3 Å². The lowest BCUT2D eigenvalue weighted by Gasteiger charge is -2.25. The number of rotatable bonds is 11. The van der Waals surface area contributed by atoms with Gasteiger partial charge >= 0.3 is 0 Å². The summed E-state index contributed by atoms with van der Waals surface area (Å²) in [6.07, 6.45) is 4.42. The van der Waals surface area contributed by atoms with E-state index in [0.29, 0.717) is 34.3 Å². The molecule has 3 fully saturated rings. The Hall–Kier alpha value is -7.61. The van der Waals surface area contributed by atoms with E-state index in [-0.39, 0.29) is 35.8 Å². The number of ether oxygens (including phenoxy) is 3. The van der Waals surface area contributed by atoms with Crippen LogP contribution in [0.2, 0.25) is 15.1 Å². The van der Waals surface area contributed by atoms with Crippen molar-refractivity contribution in [1.29, 1.82) is 0 Å². The summed E-state index contributed by atoms with van der Waals surface area (Å²) in [5.74, 6) is 5.00. The molecule has 3 aliphatic rings. The summed E-state index contributed by atoms with van der Waals surface area (Å²) in [7, 11) is 0. The molecule has 3 aliphatic heterocycles. The fraction of sp³-hybridized carbons (Fsp3) is 0.136. The first-order valence-corrected chi connectivity index (χ1v) is 28.1. The molecule has 9 aromatic rings. The highest BCUT2D eigenvalue weighted by molar-refractivity contribution is 14.1. The predicted octanol–water partition coefficient (Wildman–Crippen LogP) is 18.4. The Morgan fingerprint density at radius 1 is 0.367 bits per heavy atom. The number of benzene rings is 9. The van der Waals surface area contributed by atoms with Crippen molar-refractivity contribution < 1.29 is 28.6 Å². The molecule has 0 radical (unpaired) electrons. The number of carbonyl (C=O) groups excluding carboxylic acids is 3. The zero-order valence-corrected chi connectivity index (χ0v) is 47.3. The second-order valence-corrected chi connectivity index (χ2v) is 21.2. The first-order valence-electron chi connectivity index (χ1n) is 25.9. The van der Waals surface area contributed by atoms with Gasteiger partial charge in [0.05, 0.1) is 18.1 Å². The van der Waals surface area contributed by atoms with Crippen LogP contribution in [0.3, 0.4) is 0 Å². The molecule has 0 aromatic heterocycles. The van der Waals surface area contributed by atoms with Crippen LogP contribution in [0, 0.1) is 3.57 Å². The van der Waals surface area contributed by atoms with Crippen LogP contribution in [-0.2, 0) is 14.4 Å². The van der Waals surface area contributed by atoms with Crippen LogP contribution in [0.4, 0.5) is 11.4 Å². The van der Waals surface area contributed by atoms with Gasteiger partial charge in [0, 0.05) is 49.3 Å². The molecule has 13 heteroatoms. The maximum absolute atomic E-state index is 12.4. The highest BCUT2D eigenvalue weighted by atomic mass is 127. The van der Waals surface area contributed by atoms with Gasteiger partial charge in [-0.25, -0.2) is 0 Å². The molecule has 0 spiro atoms. The predicted molar refractivity (Wildman–Crippen MR) is 325 cm³/mol. The first-order chi connectivity index (χ1) is 38.5. The third kappa shape index (κ3) is 16.0. The van der Waals surface area contributed by atoms with Crippen molar-refractivity contribution in [2.24, 2.45) is 0 Å². The van der Waals surface area contributed by atoms with Crippen molar-refractivity contribution in [3.63, 3.8) is 0 Å². The van der Waals surface area contributed by atoms with Crippen LogP contribution in [-0.4, -0.2) is 17.7 Å². The van der Waals surface area contributed by atoms with E-state index >= 15 is 0 Å². The zero-order chi connectivity index (χ0) is 54.9. The highest BCUT2D eigenvalue weighted by Crippen LogP contribution is 2.40. The van der Waals surface area contributed by atoms with Crippen molar-refractivity contribution in [1.82, 2.24) is 5.32 Å². The monoisotopic (exact) mass is 1220 g/mol. The lowest BCUT2D eigenvalue weighted by molar-refractivity contribution is -0.119. The Balaban J connectivity index is 0.000000134. The SMILES string of the molecule is Clc1ccc(Oc2ccc(I)cc2)cc1.O=C1CCC(c2ccccc2)N1.O=C1CCC(c2ccccc2)N1c1ccc(Oc2ccc(Cl)cc2)cc1.O=C1CC[C@H](c2ccccc2)N1c1ccc(Oc2ccc(Cl)cc2)cc1. The van der Waals surface area contributed by atoms with Gasteiger partial charge in [0.25, 0.3) is 0 Å². The summed E-state index contributed by atoms with van der Waals surface area (Å²) in [6.45, 7) is 0. The molecule has 0 bridgehead atoms. The van der Waals surface area contributed by atoms with Crippen LogP contribution in [0.25, 0.3) is 0 Å². The summed E-state index contributed by atoms with van der Waals surface area (Å²) in [5, 5.41) is 4.99. The van der Waals surface area contributed by atoms with Crippen molar-refractivity contribution >= 4 is 86.5 Å². The standard InChI is InChI=1S/2C22H18ClNO2.C12H8ClIO.C10H11NO/c2*23-17-6-10-19(11-7-17)26-20-12-8-18(9-13-20)24-21(14-15-22(24)25)16-4-2-1-3-5-16;13-9-1-5-11(6-2-9)15-12-7-3-10(14)4-8-12;12-10-7-6-9(11-10)8-4-2-1-3-5-8/h2*1-13,21H,14-15H2;1-8H;1-5,9H,6-7H2,(H,11,12)/t21-;;;/m1.../s1. The van der Waals surface area contributed by atoms with Crippen molar-refractivity contribution in [3.05, 3.63) is 272 Å². The molecular weight excluding hydrogens is 1160 g/mol. The first kappa shape index (κ1) is 56.1. The molecule has 79 heavy (non-hydrogen) atoms. The van der Waals surface area contributed by atoms with Crippen LogP contribution in [0.1, 0.15) is 73.3 Å². The molecule has 1 N–H and O–H groups in total.